The first-order valence-electron chi connectivity index (χ1n) is 8.20. The summed E-state index contributed by atoms with van der Waals surface area (Å²) in [5.74, 6) is 1.16. The molecule has 8 heteroatoms. The molecule has 1 aliphatic heterocycles. The molecule has 6 nitrogen and oxygen atoms in total. The van der Waals surface area contributed by atoms with E-state index in [1.807, 2.05) is 29.2 Å². The van der Waals surface area contributed by atoms with Gasteiger partial charge in [0.1, 0.15) is 0 Å². The van der Waals surface area contributed by atoms with Crippen LogP contribution < -0.4 is 5.32 Å². The second-order valence-corrected chi connectivity index (χ2v) is 6.22. The number of hydrogen-bond donors (Lipinski definition) is 1. The lowest BCUT2D eigenvalue weighted by atomic mass is 10.2. The van der Waals surface area contributed by atoms with Gasteiger partial charge in [-0.25, -0.2) is 0 Å². The van der Waals surface area contributed by atoms with Gasteiger partial charge >= 0.3 is 0 Å². The molecule has 1 aromatic carbocycles. The summed E-state index contributed by atoms with van der Waals surface area (Å²) in [4.78, 5) is 20.6. The number of amides is 1. The largest absolute Gasteiger partial charge is 0.459 e. The molecule has 26 heavy (non-hydrogen) atoms. The van der Waals surface area contributed by atoms with Gasteiger partial charge in [-0.15, -0.1) is 24.0 Å². The molecule has 2 heterocycles. The zero-order chi connectivity index (χ0) is 17.6. The summed E-state index contributed by atoms with van der Waals surface area (Å²) in [5.41, 5.74) is 1.14. The molecule has 0 atom stereocenters. The van der Waals surface area contributed by atoms with E-state index in [2.05, 4.69) is 15.2 Å². The number of halogens is 2. The molecule has 1 saturated heterocycles. The molecule has 0 saturated carbocycles. The van der Waals surface area contributed by atoms with Crippen LogP contribution in [0.2, 0.25) is 5.02 Å². The Morgan fingerprint density at radius 2 is 1.81 bits per heavy atom. The minimum absolute atomic E-state index is 0. The third-order valence-corrected chi connectivity index (χ3v) is 4.43. The molecule has 1 N–H and O–H groups in total. The Morgan fingerprint density at radius 3 is 2.38 bits per heavy atom. The standard InChI is InChI=1S/C18H21ClN4O2.HI/c1-20-18(21-13-14-4-6-15(19)7-5-14)23-10-8-22(9-11-23)17(24)16-3-2-12-25-16;/h2-7,12H,8-11,13H2,1H3,(H,20,21);1H. The van der Waals surface area contributed by atoms with Gasteiger partial charge in [0.2, 0.25) is 0 Å². The van der Waals surface area contributed by atoms with Crippen LogP contribution in [0, 0.1) is 0 Å². The third kappa shape index (κ3) is 5.14. The number of aliphatic imine (C=N–C) groups is 1. The van der Waals surface area contributed by atoms with Crippen molar-refractivity contribution >= 4 is 47.4 Å². The normalized spacial score (nSPS) is 14.8. The fraction of sp³-hybridized carbons (Fsp3) is 0.333. The van der Waals surface area contributed by atoms with Crippen molar-refractivity contribution in [3.63, 3.8) is 0 Å². The van der Waals surface area contributed by atoms with Crippen LogP contribution in [0.3, 0.4) is 0 Å². The van der Waals surface area contributed by atoms with Crippen LogP contribution in [0.1, 0.15) is 16.1 Å². The van der Waals surface area contributed by atoms with Crippen LogP contribution in [0.5, 0.6) is 0 Å². The van der Waals surface area contributed by atoms with E-state index in [-0.39, 0.29) is 29.9 Å². The van der Waals surface area contributed by atoms with Crippen molar-refractivity contribution in [3.8, 4) is 0 Å². The van der Waals surface area contributed by atoms with Gasteiger partial charge in [-0.1, -0.05) is 23.7 Å². The van der Waals surface area contributed by atoms with E-state index in [1.165, 1.54) is 6.26 Å². The average Bonchev–Trinajstić information content (AvgIpc) is 3.18. The second kappa shape index (κ2) is 9.82. The Labute approximate surface area is 175 Å². The minimum Gasteiger partial charge on any atom is -0.459 e. The zero-order valence-electron chi connectivity index (χ0n) is 14.5. The van der Waals surface area contributed by atoms with Crippen LogP contribution in [0.4, 0.5) is 0 Å². The van der Waals surface area contributed by atoms with Crippen molar-refractivity contribution in [2.75, 3.05) is 33.2 Å². The van der Waals surface area contributed by atoms with Crippen molar-refractivity contribution in [3.05, 3.63) is 59.0 Å². The number of guanidine groups is 1. The van der Waals surface area contributed by atoms with Crippen molar-refractivity contribution in [1.82, 2.24) is 15.1 Å². The fourth-order valence-corrected chi connectivity index (χ4v) is 2.92. The number of nitrogens with one attached hydrogen (secondary N) is 1. The summed E-state index contributed by atoms with van der Waals surface area (Å²) >= 11 is 5.91. The van der Waals surface area contributed by atoms with Gasteiger partial charge in [-0.2, -0.15) is 0 Å². The molecule has 140 valence electrons. The highest BCUT2D eigenvalue weighted by Crippen LogP contribution is 2.11. The highest BCUT2D eigenvalue weighted by molar-refractivity contribution is 14.0. The number of furan rings is 1. The maximum atomic E-state index is 12.3. The molecule has 0 unspecified atom stereocenters. The molecule has 0 spiro atoms. The van der Waals surface area contributed by atoms with Crippen LogP contribution in [0.15, 0.2) is 52.1 Å². The summed E-state index contributed by atoms with van der Waals surface area (Å²) in [6, 6.07) is 11.2. The SMILES string of the molecule is CN=C(NCc1ccc(Cl)cc1)N1CCN(C(=O)c2ccco2)CC1.I. The molecular weight excluding hydrogens is 467 g/mol. The lowest BCUT2D eigenvalue weighted by molar-refractivity contribution is 0.0657. The van der Waals surface area contributed by atoms with E-state index in [0.717, 1.165) is 29.6 Å². The van der Waals surface area contributed by atoms with Gasteiger partial charge in [0.25, 0.3) is 5.91 Å². The maximum Gasteiger partial charge on any atom is 0.289 e. The second-order valence-electron chi connectivity index (χ2n) is 5.78. The smallest absolute Gasteiger partial charge is 0.289 e. The van der Waals surface area contributed by atoms with Crippen molar-refractivity contribution in [1.29, 1.82) is 0 Å². The molecule has 0 radical (unpaired) electrons. The molecule has 1 amide bonds. The highest BCUT2D eigenvalue weighted by Gasteiger charge is 2.25. The van der Waals surface area contributed by atoms with Gasteiger partial charge in [-0.3, -0.25) is 9.79 Å². The van der Waals surface area contributed by atoms with E-state index in [0.29, 0.717) is 25.4 Å². The van der Waals surface area contributed by atoms with Crippen LogP contribution in [-0.2, 0) is 6.54 Å². The van der Waals surface area contributed by atoms with Gasteiger partial charge < -0.3 is 19.5 Å². The van der Waals surface area contributed by atoms with Gasteiger partial charge in [-0.05, 0) is 29.8 Å². The van der Waals surface area contributed by atoms with E-state index in [9.17, 15) is 4.79 Å². The molecule has 1 aromatic heterocycles. The van der Waals surface area contributed by atoms with E-state index >= 15 is 0 Å². The van der Waals surface area contributed by atoms with Crippen LogP contribution >= 0.6 is 35.6 Å². The predicted octanol–water partition coefficient (Wildman–Crippen LogP) is 3.08. The Kier molecular flexibility index (Phi) is 7.77. The number of carbonyl (C=O) groups is 1. The Balaban J connectivity index is 0.00000243. The number of carbonyl (C=O) groups excluding carboxylic acids is 1. The van der Waals surface area contributed by atoms with E-state index < -0.39 is 0 Å². The first kappa shape index (κ1) is 20.6. The number of benzene rings is 1. The zero-order valence-corrected chi connectivity index (χ0v) is 17.6. The molecule has 1 aliphatic rings. The lowest BCUT2D eigenvalue weighted by Crippen LogP contribution is -2.53. The maximum absolute atomic E-state index is 12.3. The highest BCUT2D eigenvalue weighted by atomic mass is 127. The van der Waals surface area contributed by atoms with E-state index in [4.69, 9.17) is 16.0 Å². The number of nitrogens with zero attached hydrogens (tertiary/aromatic N) is 3. The van der Waals surface area contributed by atoms with Crippen LogP contribution in [0.25, 0.3) is 0 Å². The van der Waals surface area contributed by atoms with Gasteiger partial charge in [0.05, 0.1) is 6.26 Å². The molecule has 0 aliphatic carbocycles. The van der Waals surface area contributed by atoms with Crippen molar-refractivity contribution in [2.24, 2.45) is 4.99 Å². The first-order chi connectivity index (χ1) is 12.2. The monoisotopic (exact) mass is 488 g/mol. The summed E-state index contributed by atoms with van der Waals surface area (Å²) in [6.45, 7) is 3.41. The van der Waals surface area contributed by atoms with Crippen molar-refractivity contribution in [2.45, 2.75) is 6.54 Å². The molecule has 0 bridgehead atoms. The molecule has 1 fully saturated rings. The van der Waals surface area contributed by atoms with Gasteiger partial charge in [0, 0.05) is 44.8 Å². The summed E-state index contributed by atoms with van der Waals surface area (Å²) in [7, 11) is 1.77. The van der Waals surface area contributed by atoms with Crippen molar-refractivity contribution < 1.29 is 9.21 Å². The fourth-order valence-electron chi connectivity index (χ4n) is 2.79. The molecule has 3 rings (SSSR count). The molecular formula is C18H22ClIN4O2. The van der Waals surface area contributed by atoms with Gasteiger partial charge in [0.15, 0.2) is 11.7 Å². The van der Waals surface area contributed by atoms with Crippen LogP contribution in [-0.4, -0.2) is 54.9 Å². The summed E-state index contributed by atoms with van der Waals surface area (Å²) in [6.07, 6.45) is 1.52. The quantitative estimate of drug-likeness (QED) is 0.410. The number of hydrogen-bond acceptors (Lipinski definition) is 3. The number of piperazine rings is 1. The summed E-state index contributed by atoms with van der Waals surface area (Å²) < 4.78 is 5.19. The van der Waals surface area contributed by atoms with E-state index in [1.54, 1.807) is 19.2 Å². The lowest BCUT2D eigenvalue weighted by Gasteiger charge is -2.36. The number of rotatable bonds is 3. The third-order valence-electron chi connectivity index (χ3n) is 4.17. The minimum atomic E-state index is -0.0613. The average molecular weight is 489 g/mol. The Bertz CT molecular complexity index is 726. The molecule has 2 aromatic rings. The topological polar surface area (TPSA) is 61.1 Å². The summed E-state index contributed by atoms with van der Waals surface area (Å²) in [5, 5.41) is 4.08. The Morgan fingerprint density at radius 1 is 1.15 bits per heavy atom. The first-order valence-corrected chi connectivity index (χ1v) is 8.58. The predicted molar refractivity (Wildman–Crippen MR) is 113 cm³/mol. The Hall–Kier alpha value is -1.74.